The first-order valence-electron chi connectivity index (χ1n) is 26.0. The Morgan fingerprint density at radius 2 is 0.736 bits per heavy atom. The van der Waals surface area contributed by atoms with E-state index in [0.29, 0.717) is 30.7 Å². The molecule has 0 aliphatic carbocycles. The first kappa shape index (κ1) is 57.0. The fourth-order valence-electron chi connectivity index (χ4n) is 8.83. The largest absolute Gasteiger partial charge is 0.508 e. The zero-order valence-electron chi connectivity index (χ0n) is 42.0. The molecule has 12 heteroatoms. The highest BCUT2D eigenvalue weighted by Crippen LogP contribution is 2.34. The number of nitrogens with one attached hydrogen (secondary N) is 4. The molecule has 6 aromatic rings. The zero-order chi connectivity index (χ0) is 51.2. The quantitative estimate of drug-likeness (QED) is 0.0143. The number of benzene rings is 6. The highest BCUT2D eigenvalue weighted by atomic mass is 35.5. The molecular weight excluding hydrogens is 924 g/mol. The number of hydrogen-bond acceptors (Lipinski definition) is 11. The molecule has 11 nitrogen and oxygen atoms in total. The number of unbranched alkanes of at least 4 members (excludes halogenated alkanes) is 6. The first-order valence-corrected chi connectivity index (χ1v) is 26.4. The lowest BCUT2D eigenvalue weighted by molar-refractivity contribution is 0.398. The van der Waals surface area contributed by atoms with Crippen molar-refractivity contribution in [3.05, 3.63) is 171 Å². The van der Waals surface area contributed by atoms with Crippen molar-refractivity contribution in [3.8, 4) is 40.2 Å². The molecule has 0 bridgehead atoms. The molecule has 0 fully saturated rings. The molecule has 0 atom stereocenters. The Bertz CT molecular complexity index is 2470. The molecule has 6 rings (SSSR count). The molecule has 388 valence electrons. The molecule has 0 amide bonds. The first-order chi connectivity index (χ1) is 35.1. The number of para-hydroxylation sites is 1. The van der Waals surface area contributed by atoms with E-state index < -0.39 is 0 Å². The minimum absolute atomic E-state index is 0.00176. The van der Waals surface area contributed by atoms with Gasteiger partial charge in [-0.1, -0.05) is 116 Å². The number of phenols is 7. The highest BCUT2D eigenvalue weighted by molar-refractivity contribution is 6.30. The Labute approximate surface area is 433 Å². The van der Waals surface area contributed by atoms with Crippen molar-refractivity contribution in [2.24, 2.45) is 0 Å². The Morgan fingerprint density at radius 3 is 1.24 bits per heavy atom. The lowest BCUT2D eigenvalue weighted by atomic mass is 9.96. The standard InChI is InChI=1S/C30H39ClN2O2.C30H40N2O5/c31-27-12-8-11-25(23-27)13-15-28-26(14-16-29(34)30(28)35)18-22-33-20-7-2-1-6-19-32-21-17-24-9-4-3-5-10-24;33-25-9-5-7-22(21-25)11-13-26-23(12-14-28(35)30(26)37)15-19-31-17-3-1-2-4-18-32-20-16-24-8-6-10-27(34)29(24)36/h3-5,8-12,14,16,23,32-35H,1-2,6-7,13,15,17-22H2;5-10,12,14,21,31-37H,1-4,11,13,15-20H2. The van der Waals surface area contributed by atoms with Crippen LogP contribution in [0, 0.1) is 0 Å². The predicted molar refractivity (Wildman–Crippen MR) is 293 cm³/mol. The molecule has 11 N–H and O–H groups in total. The second-order valence-corrected chi connectivity index (χ2v) is 19.0. The van der Waals surface area contributed by atoms with Gasteiger partial charge in [-0.2, -0.15) is 0 Å². The summed E-state index contributed by atoms with van der Waals surface area (Å²) < 4.78 is 0. The van der Waals surface area contributed by atoms with Crippen molar-refractivity contribution < 1.29 is 35.7 Å². The second-order valence-electron chi connectivity index (χ2n) is 18.5. The number of aromatic hydroxyl groups is 7. The summed E-state index contributed by atoms with van der Waals surface area (Å²) in [4.78, 5) is 0. The van der Waals surface area contributed by atoms with E-state index in [2.05, 4.69) is 51.6 Å². The Morgan fingerprint density at radius 1 is 0.306 bits per heavy atom. The van der Waals surface area contributed by atoms with Crippen molar-refractivity contribution in [2.75, 3.05) is 52.4 Å². The maximum Gasteiger partial charge on any atom is 0.160 e. The van der Waals surface area contributed by atoms with Crippen LogP contribution < -0.4 is 21.3 Å². The maximum absolute atomic E-state index is 10.4. The van der Waals surface area contributed by atoms with E-state index in [1.165, 1.54) is 37.3 Å². The van der Waals surface area contributed by atoms with Gasteiger partial charge in [-0.15, -0.1) is 0 Å². The molecule has 0 radical (unpaired) electrons. The average molecular weight is 1000 g/mol. The smallest absolute Gasteiger partial charge is 0.160 e. The third-order valence-corrected chi connectivity index (χ3v) is 13.2. The molecule has 0 saturated heterocycles. The van der Waals surface area contributed by atoms with Crippen LogP contribution in [0.25, 0.3) is 0 Å². The van der Waals surface area contributed by atoms with E-state index >= 15 is 0 Å². The molecule has 72 heavy (non-hydrogen) atoms. The normalized spacial score (nSPS) is 11.1. The van der Waals surface area contributed by atoms with Gasteiger partial charge in [-0.25, -0.2) is 0 Å². The molecule has 0 aliphatic heterocycles. The third kappa shape index (κ3) is 21.0. The molecule has 6 aromatic carbocycles. The van der Waals surface area contributed by atoms with Gasteiger partial charge in [-0.05, 0) is 205 Å². The summed E-state index contributed by atoms with van der Waals surface area (Å²) in [5.74, 6) is -0.0791. The third-order valence-electron chi connectivity index (χ3n) is 13.0. The topological polar surface area (TPSA) is 190 Å². The van der Waals surface area contributed by atoms with E-state index in [1.807, 2.05) is 48.5 Å². The van der Waals surface area contributed by atoms with Crippen LogP contribution in [0.2, 0.25) is 5.02 Å². The van der Waals surface area contributed by atoms with Crippen molar-refractivity contribution >= 4 is 11.6 Å². The Balaban J connectivity index is 0.000000268. The monoisotopic (exact) mass is 1000 g/mol. The number of rotatable bonds is 32. The van der Waals surface area contributed by atoms with Crippen LogP contribution in [0.4, 0.5) is 0 Å². The number of hydrogen-bond donors (Lipinski definition) is 11. The zero-order valence-corrected chi connectivity index (χ0v) is 42.8. The maximum atomic E-state index is 10.4. The lowest BCUT2D eigenvalue weighted by Crippen LogP contribution is -2.20. The van der Waals surface area contributed by atoms with Crippen molar-refractivity contribution in [1.29, 1.82) is 0 Å². The van der Waals surface area contributed by atoms with Gasteiger partial charge in [-0.3, -0.25) is 0 Å². The van der Waals surface area contributed by atoms with Crippen LogP contribution in [0.3, 0.4) is 0 Å². The lowest BCUT2D eigenvalue weighted by Gasteiger charge is -2.14. The van der Waals surface area contributed by atoms with Gasteiger partial charge >= 0.3 is 0 Å². The fourth-order valence-corrected chi connectivity index (χ4v) is 9.05. The van der Waals surface area contributed by atoms with E-state index in [1.54, 1.807) is 36.4 Å². The summed E-state index contributed by atoms with van der Waals surface area (Å²) in [6, 6.07) is 37.5. The molecule has 0 heterocycles. The van der Waals surface area contributed by atoms with Gasteiger partial charge in [0.2, 0.25) is 0 Å². The SMILES string of the molecule is Oc1ccc(CCNCCCCCCNCCc2ccccc2)c(CCc2cccc(Cl)c2)c1O.Oc1cccc(CCc2c(CCNCCCCCCNCCc3cccc(O)c3O)ccc(O)c2O)c1. The molecule has 0 aliphatic rings. The summed E-state index contributed by atoms with van der Waals surface area (Å²) in [5.41, 5.74) is 7.94. The van der Waals surface area contributed by atoms with E-state index in [-0.39, 0.29) is 40.2 Å². The minimum Gasteiger partial charge on any atom is -0.508 e. The summed E-state index contributed by atoms with van der Waals surface area (Å²) >= 11 is 6.09. The van der Waals surface area contributed by atoms with Gasteiger partial charge < -0.3 is 57.0 Å². The second kappa shape index (κ2) is 32.9. The molecule has 0 unspecified atom stereocenters. The predicted octanol–water partition coefficient (Wildman–Crippen LogP) is 10.6. The van der Waals surface area contributed by atoms with Gasteiger partial charge in [0.15, 0.2) is 34.5 Å². The van der Waals surface area contributed by atoms with E-state index in [0.717, 1.165) is 143 Å². The van der Waals surface area contributed by atoms with Gasteiger partial charge in [0.1, 0.15) is 5.75 Å². The van der Waals surface area contributed by atoms with Gasteiger partial charge in [0.05, 0.1) is 0 Å². The Kier molecular flexibility index (Phi) is 26.0. The van der Waals surface area contributed by atoms with Crippen molar-refractivity contribution in [3.63, 3.8) is 0 Å². The minimum atomic E-state index is -0.102. The van der Waals surface area contributed by atoms with Crippen LogP contribution in [0.5, 0.6) is 40.2 Å². The fraction of sp³-hybridized carbons (Fsp3) is 0.400. The highest BCUT2D eigenvalue weighted by Gasteiger charge is 2.14. The van der Waals surface area contributed by atoms with Crippen LogP contribution in [-0.4, -0.2) is 88.1 Å². The molecular formula is C60H79ClN4O7. The molecule has 0 aromatic heterocycles. The summed E-state index contributed by atoms with van der Waals surface area (Å²) in [7, 11) is 0. The summed E-state index contributed by atoms with van der Waals surface area (Å²) in [5, 5.41) is 84.5. The van der Waals surface area contributed by atoms with Crippen LogP contribution in [0.1, 0.15) is 95.9 Å². The average Bonchev–Trinajstić information content (AvgIpc) is 3.38. The molecule has 0 saturated carbocycles. The van der Waals surface area contributed by atoms with Crippen molar-refractivity contribution in [2.45, 2.75) is 103 Å². The van der Waals surface area contributed by atoms with Crippen LogP contribution >= 0.6 is 11.6 Å². The van der Waals surface area contributed by atoms with Crippen LogP contribution in [-0.2, 0) is 51.4 Å². The number of phenolic OH excluding ortho intramolecular Hbond substituents is 7. The number of aryl methyl sites for hydroxylation is 2. The van der Waals surface area contributed by atoms with E-state index in [4.69, 9.17) is 11.6 Å². The van der Waals surface area contributed by atoms with Crippen LogP contribution in [0.15, 0.2) is 121 Å². The van der Waals surface area contributed by atoms with E-state index in [9.17, 15) is 35.7 Å². The van der Waals surface area contributed by atoms with Crippen molar-refractivity contribution in [1.82, 2.24) is 21.3 Å². The number of halogens is 1. The molecule has 0 spiro atoms. The van der Waals surface area contributed by atoms with Gasteiger partial charge in [0, 0.05) is 16.1 Å². The Hall–Kier alpha value is -5.95. The van der Waals surface area contributed by atoms with Gasteiger partial charge in [0.25, 0.3) is 0 Å². The summed E-state index contributed by atoms with van der Waals surface area (Å²) in [6.45, 7) is 7.42. The summed E-state index contributed by atoms with van der Waals surface area (Å²) in [6.07, 6.45) is 15.4.